The Morgan fingerprint density at radius 1 is 1.00 bits per heavy atom. The van der Waals surface area contributed by atoms with Gasteiger partial charge in [0, 0.05) is 5.56 Å². The fourth-order valence-electron chi connectivity index (χ4n) is 2.32. The van der Waals surface area contributed by atoms with Crippen molar-refractivity contribution in [2.45, 2.75) is 39.4 Å². The Balaban J connectivity index is 1.93. The molecule has 0 radical (unpaired) electrons. The van der Waals surface area contributed by atoms with Gasteiger partial charge in [-0.3, -0.25) is 4.79 Å². The summed E-state index contributed by atoms with van der Waals surface area (Å²) in [6.07, 6.45) is -0.883. The van der Waals surface area contributed by atoms with Gasteiger partial charge < -0.3 is 9.47 Å². The quantitative estimate of drug-likeness (QED) is 0.561. The summed E-state index contributed by atoms with van der Waals surface area (Å²) in [7, 11) is 0. The van der Waals surface area contributed by atoms with E-state index < -0.39 is 18.2 Å². The first-order chi connectivity index (χ1) is 12.4. The van der Waals surface area contributed by atoms with Gasteiger partial charge in [-0.1, -0.05) is 31.2 Å². The van der Waals surface area contributed by atoms with Gasteiger partial charge in [-0.2, -0.15) is 5.26 Å². The molecule has 0 N–H and O–H groups in total. The summed E-state index contributed by atoms with van der Waals surface area (Å²) >= 11 is 0. The Morgan fingerprint density at radius 3 is 2.15 bits per heavy atom. The van der Waals surface area contributed by atoms with Gasteiger partial charge in [0.15, 0.2) is 12.2 Å². The van der Waals surface area contributed by atoms with Crippen molar-refractivity contribution in [2.24, 2.45) is 0 Å². The van der Waals surface area contributed by atoms with Crippen LogP contribution in [0.2, 0.25) is 0 Å². The zero-order chi connectivity index (χ0) is 19.1. The summed E-state index contributed by atoms with van der Waals surface area (Å²) in [5.41, 5.74) is 2.14. The lowest BCUT2D eigenvalue weighted by atomic mass is 10.0. The standard InChI is InChI=1S/C21H21NO4/c1-4-16-5-9-18(10-6-16)20(23)14(2)26-21(24)15(3)25-19-11-7-17(13-22)8-12-19/h5-12,14-15H,4H2,1-3H3/t14-,15+/m1/s1. The zero-order valence-corrected chi connectivity index (χ0v) is 15.1. The normalized spacial score (nSPS) is 12.5. The largest absolute Gasteiger partial charge is 0.479 e. The molecule has 5 nitrogen and oxygen atoms in total. The Bertz CT molecular complexity index is 803. The molecule has 0 aliphatic heterocycles. The number of hydrogen-bond donors (Lipinski definition) is 0. The molecule has 2 aromatic carbocycles. The number of rotatable bonds is 7. The zero-order valence-electron chi connectivity index (χ0n) is 15.1. The third-order valence-corrected chi connectivity index (χ3v) is 3.94. The van der Waals surface area contributed by atoms with Crippen LogP contribution in [0.1, 0.15) is 42.3 Å². The van der Waals surface area contributed by atoms with Crippen LogP contribution in [0.4, 0.5) is 0 Å². The first kappa shape index (κ1) is 19.2. The molecule has 2 aromatic rings. The van der Waals surface area contributed by atoms with Crippen LogP contribution in [0.5, 0.6) is 5.75 Å². The van der Waals surface area contributed by atoms with E-state index in [0.29, 0.717) is 16.9 Å². The number of nitriles is 1. The number of esters is 1. The Hall–Kier alpha value is -3.13. The second-order valence-corrected chi connectivity index (χ2v) is 5.89. The van der Waals surface area contributed by atoms with E-state index in [-0.39, 0.29) is 5.78 Å². The lowest BCUT2D eigenvalue weighted by Crippen LogP contribution is -2.32. The predicted molar refractivity (Wildman–Crippen MR) is 97.0 cm³/mol. The second kappa shape index (κ2) is 8.82. The van der Waals surface area contributed by atoms with Gasteiger partial charge in [0.05, 0.1) is 11.6 Å². The first-order valence-electron chi connectivity index (χ1n) is 8.45. The molecule has 26 heavy (non-hydrogen) atoms. The highest BCUT2D eigenvalue weighted by molar-refractivity contribution is 6.00. The molecular formula is C21H21NO4. The molecular weight excluding hydrogens is 330 g/mol. The Morgan fingerprint density at radius 2 is 1.62 bits per heavy atom. The van der Waals surface area contributed by atoms with Crippen molar-refractivity contribution >= 4 is 11.8 Å². The highest BCUT2D eigenvalue weighted by atomic mass is 16.6. The van der Waals surface area contributed by atoms with Gasteiger partial charge in [-0.15, -0.1) is 0 Å². The van der Waals surface area contributed by atoms with Crippen LogP contribution in [-0.4, -0.2) is 24.0 Å². The number of Topliss-reactive ketones (excluding diaryl/α,β-unsaturated/α-hetero) is 1. The minimum absolute atomic E-state index is 0.258. The minimum Gasteiger partial charge on any atom is -0.479 e. The van der Waals surface area contributed by atoms with Crippen molar-refractivity contribution < 1.29 is 19.1 Å². The molecule has 0 amide bonds. The molecule has 0 aliphatic rings. The lowest BCUT2D eigenvalue weighted by Gasteiger charge is -2.17. The van der Waals surface area contributed by atoms with Crippen molar-refractivity contribution in [1.82, 2.24) is 0 Å². The molecule has 0 saturated carbocycles. The van der Waals surface area contributed by atoms with Gasteiger partial charge in [-0.05, 0) is 50.1 Å². The molecule has 0 bridgehead atoms. The molecule has 5 heteroatoms. The Labute approximate surface area is 153 Å². The van der Waals surface area contributed by atoms with E-state index in [1.54, 1.807) is 50.2 Å². The number of aryl methyl sites for hydroxylation is 1. The van der Waals surface area contributed by atoms with E-state index in [4.69, 9.17) is 14.7 Å². The third-order valence-electron chi connectivity index (χ3n) is 3.94. The molecule has 0 aliphatic carbocycles. The molecule has 0 saturated heterocycles. The van der Waals surface area contributed by atoms with Crippen LogP contribution in [-0.2, 0) is 16.0 Å². The fraction of sp³-hybridized carbons (Fsp3) is 0.286. The highest BCUT2D eigenvalue weighted by Gasteiger charge is 2.24. The van der Waals surface area contributed by atoms with Gasteiger partial charge in [0.25, 0.3) is 0 Å². The van der Waals surface area contributed by atoms with Crippen LogP contribution in [0, 0.1) is 11.3 Å². The topological polar surface area (TPSA) is 76.4 Å². The Kier molecular flexibility index (Phi) is 6.51. The molecule has 0 unspecified atom stereocenters. The van der Waals surface area contributed by atoms with Crippen molar-refractivity contribution in [3.63, 3.8) is 0 Å². The summed E-state index contributed by atoms with van der Waals surface area (Å²) in [5, 5.41) is 8.78. The first-order valence-corrected chi connectivity index (χ1v) is 8.45. The van der Waals surface area contributed by atoms with E-state index >= 15 is 0 Å². The fourth-order valence-corrected chi connectivity index (χ4v) is 2.32. The van der Waals surface area contributed by atoms with Crippen LogP contribution in [0.15, 0.2) is 48.5 Å². The van der Waals surface area contributed by atoms with Gasteiger partial charge in [0.2, 0.25) is 5.78 Å². The second-order valence-electron chi connectivity index (χ2n) is 5.89. The smallest absolute Gasteiger partial charge is 0.347 e. The molecule has 0 spiro atoms. The minimum atomic E-state index is -0.901. The van der Waals surface area contributed by atoms with Crippen LogP contribution in [0.25, 0.3) is 0 Å². The average Bonchev–Trinajstić information content (AvgIpc) is 2.67. The molecule has 0 heterocycles. The van der Waals surface area contributed by atoms with Gasteiger partial charge in [-0.25, -0.2) is 4.79 Å². The summed E-state index contributed by atoms with van der Waals surface area (Å²) in [4.78, 5) is 24.5. The summed E-state index contributed by atoms with van der Waals surface area (Å²) in [5.74, 6) is -0.436. The summed E-state index contributed by atoms with van der Waals surface area (Å²) < 4.78 is 10.7. The maximum Gasteiger partial charge on any atom is 0.347 e. The average molecular weight is 351 g/mol. The van der Waals surface area contributed by atoms with Crippen molar-refractivity contribution in [1.29, 1.82) is 5.26 Å². The van der Waals surface area contributed by atoms with E-state index in [0.717, 1.165) is 12.0 Å². The maximum absolute atomic E-state index is 12.4. The molecule has 2 rings (SSSR count). The van der Waals surface area contributed by atoms with Crippen molar-refractivity contribution in [3.05, 3.63) is 65.2 Å². The SMILES string of the molecule is CCc1ccc(C(=O)[C@@H](C)OC(=O)[C@H](C)Oc2ccc(C#N)cc2)cc1. The summed E-state index contributed by atoms with van der Waals surface area (Å²) in [6.45, 7) is 5.13. The number of ketones is 1. The molecule has 0 fully saturated rings. The molecule has 2 atom stereocenters. The van der Waals surface area contributed by atoms with Crippen LogP contribution >= 0.6 is 0 Å². The van der Waals surface area contributed by atoms with E-state index in [9.17, 15) is 9.59 Å². The van der Waals surface area contributed by atoms with Gasteiger partial charge >= 0.3 is 5.97 Å². The monoisotopic (exact) mass is 351 g/mol. The highest BCUT2D eigenvalue weighted by Crippen LogP contribution is 2.15. The number of benzene rings is 2. The third kappa shape index (κ3) is 4.93. The van der Waals surface area contributed by atoms with Crippen LogP contribution < -0.4 is 4.74 Å². The summed E-state index contributed by atoms with van der Waals surface area (Å²) in [6, 6.07) is 15.7. The maximum atomic E-state index is 12.4. The lowest BCUT2D eigenvalue weighted by molar-refractivity contribution is -0.153. The van der Waals surface area contributed by atoms with Crippen LogP contribution in [0.3, 0.4) is 0 Å². The van der Waals surface area contributed by atoms with Gasteiger partial charge in [0.1, 0.15) is 5.75 Å². The number of nitrogens with zero attached hydrogens (tertiary/aromatic N) is 1. The van der Waals surface area contributed by atoms with Crippen molar-refractivity contribution in [2.75, 3.05) is 0 Å². The van der Waals surface area contributed by atoms with E-state index in [1.165, 1.54) is 0 Å². The predicted octanol–water partition coefficient (Wildman–Crippen LogP) is 3.70. The number of hydrogen-bond acceptors (Lipinski definition) is 5. The number of carbonyl (C=O) groups is 2. The number of carbonyl (C=O) groups excluding carboxylic acids is 2. The van der Waals surface area contributed by atoms with E-state index in [2.05, 4.69) is 0 Å². The molecule has 134 valence electrons. The van der Waals surface area contributed by atoms with Crippen molar-refractivity contribution in [3.8, 4) is 11.8 Å². The number of ether oxygens (including phenoxy) is 2. The van der Waals surface area contributed by atoms with E-state index in [1.807, 2.05) is 25.1 Å². The molecule has 0 aromatic heterocycles.